The first-order valence-corrected chi connectivity index (χ1v) is 8.44. The van der Waals surface area contributed by atoms with Gasteiger partial charge in [0.25, 0.3) is 0 Å². The lowest BCUT2D eigenvalue weighted by Crippen LogP contribution is -2.48. The van der Waals surface area contributed by atoms with Crippen molar-refractivity contribution in [1.82, 2.24) is 10.3 Å². The lowest BCUT2D eigenvalue weighted by molar-refractivity contribution is -0.126. The first kappa shape index (κ1) is 14.8. The van der Waals surface area contributed by atoms with Gasteiger partial charge in [-0.1, -0.05) is 6.92 Å². The molecule has 2 rings (SSSR count). The largest absolute Gasteiger partial charge is 0.380 e. The summed E-state index contributed by atoms with van der Waals surface area (Å²) in [7, 11) is 0. The maximum absolute atomic E-state index is 11.7. The molecule has 1 aromatic heterocycles. The molecule has 1 N–H and O–H groups in total. The highest BCUT2D eigenvalue weighted by Gasteiger charge is 2.33. The lowest BCUT2D eigenvalue weighted by Gasteiger charge is -2.38. The molecule has 1 amide bonds. The summed E-state index contributed by atoms with van der Waals surface area (Å²) in [6, 6.07) is 0. The van der Waals surface area contributed by atoms with Gasteiger partial charge in [0.15, 0.2) is 0 Å². The van der Waals surface area contributed by atoms with E-state index in [4.69, 9.17) is 4.74 Å². The number of nitrogens with one attached hydrogen (secondary N) is 1. The number of nitrogens with zero attached hydrogens (tertiary/aromatic N) is 1. The minimum absolute atomic E-state index is 0.134. The van der Waals surface area contributed by atoms with E-state index in [1.165, 1.54) is 0 Å². The highest BCUT2D eigenvalue weighted by Crippen LogP contribution is 2.25. The maximum atomic E-state index is 11.7. The number of thiazole rings is 1. The Bertz CT molecular complexity index is 430. The van der Waals surface area contributed by atoms with Crippen molar-refractivity contribution < 1.29 is 9.53 Å². The summed E-state index contributed by atoms with van der Waals surface area (Å²) >= 11 is 3.43. The summed E-state index contributed by atoms with van der Waals surface area (Å²) in [5.74, 6) is 1.87. The Labute approximate surface area is 122 Å². The number of hydrogen-bond acceptors (Lipinski definition) is 5. The van der Waals surface area contributed by atoms with Crippen LogP contribution in [-0.4, -0.2) is 36.4 Å². The highest BCUT2D eigenvalue weighted by atomic mass is 32.2. The number of aryl methyl sites for hydroxylation is 1. The lowest BCUT2D eigenvalue weighted by atomic mass is 9.89. The second-order valence-electron chi connectivity index (χ2n) is 5.24. The molecular weight excluding hydrogens is 280 g/mol. The van der Waals surface area contributed by atoms with Gasteiger partial charge in [0.05, 0.1) is 23.9 Å². The Balaban J connectivity index is 1.54. The monoisotopic (exact) mass is 300 g/mol. The zero-order valence-corrected chi connectivity index (χ0v) is 13.0. The molecule has 0 atom stereocenters. The molecule has 0 spiro atoms. The van der Waals surface area contributed by atoms with Crippen molar-refractivity contribution in [2.45, 2.75) is 26.0 Å². The normalized spacial score (nSPS) is 16.9. The Kier molecular flexibility index (Phi) is 5.24. The SMILES string of the molecule is Cc1nc(CSCCC(=O)NCC2(C)COC2)cs1. The number of thioether (sulfide) groups is 1. The minimum atomic E-state index is 0.134. The number of carbonyl (C=O) groups excluding carboxylic acids is 1. The molecule has 1 aromatic rings. The summed E-state index contributed by atoms with van der Waals surface area (Å²) in [5, 5.41) is 6.17. The molecule has 0 radical (unpaired) electrons. The van der Waals surface area contributed by atoms with Gasteiger partial charge >= 0.3 is 0 Å². The summed E-state index contributed by atoms with van der Waals surface area (Å²) in [6.07, 6.45) is 0.574. The third kappa shape index (κ3) is 4.78. The number of rotatable bonds is 7. The fourth-order valence-electron chi connectivity index (χ4n) is 1.77. The Morgan fingerprint density at radius 1 is 1.63 bits per heavy atom. The van der Waals surface area contributed by atoms with Crippen LogP contribution in [0.15, 0.2) is 5.38 Å². The Morgan fingerprint density at radius 2 is 2.42 bits per heavy atom. The smallest absolute Gasteiger partial charge is 0.220 e. The predicted molar refractivity (Wildman–Crippen MR) is 79.6 cm³/mol. The molecule has 106 valence electrons. The topological polar surface area (TPSA) is 51.2 Å². The molecule has 0 saturated carbocycles. The van der Waals surface area contributed by atoms with Crippen LogP contribution in [0.1, 0.15) is 24.0 Å². The molecule has 0 aromatic carbocycles. The van der Waals surface area contributed by atoms with E-state index in [1.54, 1.807) is 23.1 Å². The van der Waals surface area contributed by atoms with Crippen LogP contribution in [0.4, 0.5) is 0 Å². The van der Waals surface area contributed by atoms with Crippen LogP contribution >= 0.6 is 23.1 Å². The van der Waals surface area contributed by atoms with E-state index in [2.05, 4.69) is 22.6 Å². The van der Waals surface area contributed by atoms with E-state index < -0.39 is 0 Å². The number of ether oxygens (including phenoxy) is 1. The molecule has 0 unspecified atom stereocenters. The van der Waals surface area contributed by atoms with Crippen LogP contribution < -0.4 is 5.32 Å². The average Bonchev–Trinajstić information content (AvgIpc) is 2.75. The first-order valence-electron chi connectivity index (χ1n) is 6.41. The van der Waals surface area contributed by atoms with Crippen molar-refractivity contribution in [3.05, 3.63) is 16.1 Å². The van der Waals surface area contributed by atoms with Crippen molar-refractivity contribution in [1.29, 1.82) is 0 Å². The molecule has 0 bridgehead atoms. The van der Waals surface area contributed by atoms with Gasteiger partial charge in [-0.2, -0.15) is 11.8 Å². The molecular formula is C13H20N2O2S2. The zero-order valence-electron chi connectivity index (χ0n) is 11.4. The molecule has 4 nitrogen and oxygen atoms in total. The molecule has 1 aliphatic rings. The van der Waals surface area contributed by atoms with E-state index in [1.807, 2.05) is 6.92 Å². The second-order valence-corrected chi connectivity index (χ2v) is 7.41. The fraction of sp³-hybridized carbons (Fsp3) is 0.692. The van der Waals surface area contributed by atoms with Crippen molar-refractivity contribution in [3.63, 3.8) is 0 Å². The summed E-state index contributed by atoms with van der Waals surface area (Å²) < 4.78 is 5.16. The van der Waals surface area contributed by atoms with E-state index in [0.29, 0.717) is 6.42 Å². The Morgan fingerprint density at radius 3 is 3.00 bits per heavy atom. The number of carbonyl (C=O) groups is 1. The molecule has 2 heterocycles. The van der Waals surface area contributed by atoms with Gasteiger partial charge < -0.3 is 10.1 Å². The van der Waals surface area contributed by atoms with Crippen LogP contribution in [0.5, 0.6) is 0 Å². The summed E-state index contributed by atoms with van der Waals surface area (Å²) in [5.41, 5.74) is 1.27. The van der Waals surface area contributed by atoms with E-state index >= 15 is 0 Å². The quantitative estimate of drug-likeness (QED) is 0.785. The third-order valence-electron chi connectivity index (χ3n) is 3.00. The van der Waals surface area contributed by atoms with Crippen LogP contribution in [0.25, 0.3) is 0 Å². The first-order chi connectivity index (χ1) is 9.07. The highest BCUT2D eigenvalue weighted by molar-refractivity contribution is 7.98. The van der Waals surface area contributed by atoms with Crippen molar-refractivity contribution in [2.24, 2.45) is 5.41 Å². The van der Waals surface area contributed by atoms with Crippen LogP contribution in [0.3, 0.4) is 0 Å². The van der Waals surface area contributed by atoms with Crippen molar-refractivity contribution in [2.75, 3.05) is 25.5 Å². The predicted octanol–water partition coefficient (Wildman–Crippen LogP) is 2.23. The zero-order chi connectivity index (χ0) is 13.7. The second kappa shape index (κ2) is 6.72. The van der Waals surface area contributed by atoms with E-state index in [9.17, 15) is 4.79 Å². The Hall–Kier alpha value is -0.590. The van der Waals surface area contributed by atoms with Gasteiger partial charge in [-0.25, -0.2) is 4.98 Å². The van der Waals surface area contributed by atoms with E-state index in [0.717, 1.165) is 42.0 Å². The third-order valence-corrected chi connectivity index (χ3v) is 4.82. The van der Waals surface area contributed by atoms with Gasteiger partial charge in [0.1, 0.15) is 0 Å². The summed E-state index contributed by atoms with van der Waals surface area (Å²) in [4.78, 5) is 16.1. The molecule has 6 heteroatoms. The summed E-state index contributed by atoms with van der Waals surface area (Å²) in [6.45, 7) is 6.38. The molecule has 1 fully saturated rings. The van der Waals surface area contributed by atoms with Gasteiger partial charge in [0.2, 0.25) is 5.91 Å². The van der Waals surface area contributed by atoms with Gasteiger partial charge in [-0.15, -0.1) is 11.3 Å². The standard InChI is InChI=1S/C13H20N2O2S2/c1-10-15-11(6-19-10)5-18-4-3-12(16)14-7-13(2)8-17-9-13/h6H,3-5,7-9H2,1-2H3,(H,14,16). The van der Waals surface area contributed by atoms with Crippen molar-refractivity contribution in [3.8, 4) is 0 Å². The average molecular weight is 300 g/mol. The van der Waals surface area contributed by atoms with Crippen LogP contribution in [0.2, 0.25) is 0 Å². The van der Waals surface area contributed by atoms with Gasteiger partial charge in [-0.3, -0.25) is 4.79 Å². The fourth-order valence-corrected chi connectivity index (χ4v) is 3.32. The minimum Gasteiger partial charge on any atom is -0.380 e. The van der Waals surface area contributed by atoms with Gasteiger partial charge in [0, 0.05) is 35.3 Å². The number of amides is 1. The maximum Gasteiger partial charge on any atom is 0.220 e. The number of aromatic nitrogens is 1. The molecule has 19 heavy (non-hydrogen) atoms. The van der Waals surface area contributed by atoms with Crippen LogP contribution in [0, 0.1) is 12.3 Å². The molecule has 0 aliphatic carbocycles. The number of hydrogen-bond donors (Lipinski definition) is 1. The molecule has 1 saturated heterocycles. The molecule has 1 aliphatic heterocycles. The van der Waals surface area contributed by atoms with Crippen molar-refractivity contribution >= 4 is 29.0 Å². The van der Waals surface area contributed by atoms with Gasteiger partial charge in [-0.05, 0) is 6.92 Å². The van der Waals surface area contributed by atoms with E-state index in [-0.39, 0.29) is 11.3 Å². The van der Waals surface area contributed by atoms with Crippen LogP contribution in [-0.2, 0) is 15.3 Å².